The number of carbonyl (C=O) groups is 1. The van der Waals surface area contributed by atoms with Gasteiger partial charge in [0.25, 0.3) is 0 Å². The summed E-state index contributed by atoms with van der Waals surface area (Å²) in [5.74, 6) is 0. The zero-order chi connectivity index (χ0) is 18.1. The Balaban J connectivity index is 1.50. The first-order valence-corrected chi connectivity index (χ1v) is 9.39. The van der Waals surface area contributed by atoms with Gasteiger partial charge in [0.05, 0.1) is 6.04 Å². The summed E-state index contributed by atoms with van der Waals surface area (Å²) in [6, 6.07) is 16.9. The molecule has 2 bridgehead atoms. The van der Waals surface area contributed by atoms with Crippen LogP contribution in [-0.2, 0) is 11.3 Å². The molecule has 0 saturated carbocycles. The molecule has 3 nitrogen and oxygen atoms in total. The third-order valence-electron chi connectivity index (χ3n) is 5.55. The maximum absolute atomic E-state index is 12.7. The Morgan fingerprint density at radius 1 is 1.12 bits per heavy atom. The molecule has 2 aromatic rings. The molecule has 0 aromatic heterocycles. The fourth-order valence-electron chi connectivity index (χ4n) is 4.19. The van der Waals surface area contributed by atoms with Gasteiger partial charge in [0.2, 0.25) is 0 Å². The fraction of sp³-hybridized carbons (Fsp3) is 0.348. The third-order valence-corrected chi connectivity index (χ3v) is 5.55. The van der Waals surface area contributed by atoms with Crippen molar-refractivity contribution in [2.75, 3.05) is 0 Å². The summed E-state index contributed by atoms with van der Waals surface area (Å²) < 4.78 is 5.59. The van der Waals surface area contributed by atoms with Crippen molar-refractivity contribution < 1.29 is 9.53 Å². The smallest absolute Gasteiger partial charge is 0.410 e. The minimum Gasteiger partial charge on any atom is -0.445 e. The Labute approximate surface area is 155 Å². The predicted octanol–water partition coefficient (Wildman–Crippen LogP) is 5.26. The second kappa shape index (κ2) is 6.99. The summed E-state index contributed by atoms with van der Waals surface area (Å²) in [7, 11) is 0. The molecule has 134 valence electrons. The number of benzene rings is 2. The highest BCUT2D eigenvalue weighted by molar-refractivity contribution is 5.76. The summed E-state index contributed by atoms with van der Waals surface area (Å²) >= 11 is 0. The van der Waals surface area contributed by atoms with Gasteiger partial charge < -0.3 is 4.74 Å². The number of fused-ring (bicyclic) bond motifs is 2. The van der Waals surface area contributed by atoms with E-state index in [-0.39, 0.29) is 18.2 Å². The van der Waals surface area contributed by atoms with Crippen LogP contribution in [0.1, 0.15) is 41.5 Å². The van der Waals surface area contributed by atoms with Gasteiger partial charge >= 0.3 is 6.09 Å². The van der Waals surface area contributed by atoms with E-state index in [2.05, 4.69) is 38.1 Å². The SMILES string of the molecule is Cc1ccc(C)c(C2=CC3CCC(C2)N3C(=O)OCc2ccccc2)c1. The van der Waals surface area contributed by atoms with Gasteiger partial charge in [-0.15, -0.1) is 0 Å². The van der Waals surface area contributed by atoms with Crippen molar-refractivity contribution in [1.29, 1.82) is 0 Å². The summed E-state index contributed by atoms with van der Waals surface area (Å²) in [5, 5.41) is 0. The van der Waals surface area contributed by atoms with Gasteiger partial charge in [-0.3, -0.25) is 4.90 Å². The van der Waals surface area contributed by atoms with Crippen LogP contribution in [0.25, 0.3) is 5.57 Å². The Morgan fingerprint density at radius 2 is 1.92 bits per heavy atom. The zero-order valence-corrected chi connectivity index (χ0v) is 15.4. The molecule has 2 aliphatic heterocycles. The monoisotopic (exact) mass is 347 g/mol. The van der Waals surface area contributed by atoms with Gasteiger partial charge in [-0.25, -0.2) is 4.79 Å². The minimum atomic E-state index is -0.183. The quantitative estimate of drug-likeness (QED) is 0.758. The van der Waals surface area contributed by atoms with Crippen molar-refractivity contribution in [3.63, 3.8) is 0 Å². The topological polar surface area (TPSA) is 29.5 Å². The summed E-state index contributed by atoms with van der Waals surface area (Å²) in [6.07, 6.45) is 5.10. The molecule has 1 amide bonds. The van der Waals surface area contributed by atoms with E-state index in [4.69, 9.17) is 4.74 Å². The molecule has 0 aliphatic carbocycles. The first kappa shape index (κ1) is 16.9. The number of nitrogens with zero attached hydrogens (tertiary/aromatic N) is 1. The Hall–Kier alpha value is -2.55. The van der Waals surface area contributed by atoms with E-state index in [1.807, 2.05) is 35.2 Å². The number of hydrogen-bond acceptors (Lipinski definition) is 2. The maximum Gasteiger partial charge on any atom is 0.410 e. The molecule has 4 rings (SSSR count). The van der Waals surface area contributed by atoms with E-state index in [0.29, 0.717) is 6.61 Å². The highest BCUT2D eigenvalue weighted by Crippen LogP contribution is 2.39. The predicted molar refractivity (Wildman–Crippen MR) is 104 cm³/mol. The molecule has 26 heavy (non-hydrogen) atoms. The minimum absolute atomic E-state index is 0.159. The van der Waals surface area contributed by atoms with Crippen molar-refractivity contribution in [2.45, 2.75) is 51.8 Å². The highest BCUT2D eigenvalue weighted by Gasteiger charge is 2.40. The molecule has 2 aliphatic rings. The van der Waals surface area contributed by atoms with E-state index in [1.54, 1.807) is 0 Å². The van der Waals surface area contributed by atoms with Gasteiger partial charge in [0.15, 0.2) is 0 Å². The summed E-state index contributed by atoms with van der Waals surface area (Å²) in [4.78, 5) is 14.6. The largest absolute Gasteiger partial charge is 0.445 e. The fourth-order valence-corrected chi connectivity index (χ4v) is 4.19. The molecule has 0 radical (unpaired) electrons. The van der Waals surface area contributed by atoms with Crippen LogP contribution in [0.2, 0.25) is 0 Å². The van der Waals surface area contributed by atoms with Crippen LogP contribution >= 0.6 is 0 Å². The lowest BCUT2D eigenvalue weighted by molar-refractivity contribution is 0.0832. The molecule has 1 saturated heterocycles. The molecule has 0 spiro atoms. The first-order valence-electron chi connectivity index (χ1n) is 9.39. The van der Waals surface area contributed by atoms with Crippen LogP contribution in [0.5, 0.6) is 0 Å². The molecular formula is C23H25NO2. The summed E-state index contributed by atoms with van der Waals surface area (Å²) in [5.41, 5.74) is 6.33. The standard InChI is InChI=1S/C23H25NO2/c1-16-8-9-17(2)22(12-16)19-13-20-10-11-21(14-19)24(20)23(25)26-15-18-6-4-3-5-7-18/h3-9,12-13,20-21H,10-11,14-15H2,1-2H3. The Bertz CT molecular complexity index is 841. The lowest BCUT2D eigenvalue weighted by Crippen LogP contribution is -2.43. The summed E-state index contributed by atoms with van der Waals surface area (Å²) in [6.45, 7) is 4.63. The molecular weight excluding hydrogens is 322 g/mol. The highest BCUT2D eigenvalue weighted by atomic mass is 16.6. The molecule has 1 fully saturated rings. The average molecular weight is 347 g/mol. The number of hydrogen-bond donors (Lipinski definition) is 0. The number of amides is 1. The normalized spacial score (nSPS) is 21.5. The van der Waals surface area contributed by atoms with Gasteiger partial charge in [-0.1, -0.05) is 60.2 Å². The van der Waals surface area contributed by atoms with Crippen molar-refractivity contribution in [3.8, 4) is 0 Å². The van der Waals surface area contributed by atoms with Crippen LogP contribution in [0.15, 0.2) is 54.6 Å². The molecule has 2 atom stereocenters. The molecule has 2 unspecified atom stereocenters. The number of ether oxygens (including phenoxy) is 1. The van der Waals surface area contributed by atoms with Crippen LogP contribution in [0.3, 0.4) is 0 Å². The second-order valence-electron chi connectivity index (χ2n) is 7.46. The molecule has 2 heterocycles. The van der Waals surface area contributed by atoms with E-state index in [9.17, 15) is 4.79 Å². The lowest BCUT2D eigenvalue weighted by Gasteiger charge is -2.33. The zero-order valence-electron chi connectivity index (χ0n) is 15.4. The van der Waals surface area contributed by atoms with Crippen molar-refractivity contribution in [1.82, 2.24) is 4.90 Å². The number of carbonyl (C=O) groups excluding carboxylic acids is 1. The van der Waals surface area contributed by atoms with Gasteiger partial charge in [0, 0.05) is 6.04 Å². The van der Waals surface area contributed by atoms with E-state index in [0.717, 1.165) is 24.8 Å². The van der Waals surface area contributed by atoms with Crippen LogP contribution < -0.4 is 0 Å². The van der Waals surface area contributed by atoms with Gasteiger partial charge in [-0.2, -0.15) is 0 Å². The van der Waals surface area contributed by atoms with Crippen molar-refractivity contribution in [2.24, 2.45) is 0 Å². The molecule has 2 aromatic carbocycles. The lowest BCUT2D eigenvalue weighted by atomic mass is 9.91. The average Bonchev–Trinajstić information content (AvgIpc) is 2.92. The first-order chi connectivity index (χ1) is 12.6. The third kappa shape index (κ3) is 3.26. The van der Waals surface area contributed by atoms with Crippen LogP contribution in [0.4, 0.5) is 4.79 Å². The van der Waals surface area contributed by atoms with Crippen molar-refractivity contribution >= 4 is 11.7 Å². The maximum atomic E-state index is 12.7. The Kier molecular flexibility index (Phi) is 4.54. The number of aryl methyl sites for hydroxylation is 2. The molecule has 3 heteroatoms. The van der Waals surface area contributed by atoms with E-state index in [1.165, 1.54) is 22.3 Å². The molecule has 0 N–H and O–H groups in total. The second-order valence-corrected chi connectivity index (χ2v) is 7.46. The van der Waals surface area contributed by atoms with Crippen LogP contribution in [-0.4, -0.2) is 23.1 Å². The van der Waals surface area contributed by atoms with Gasteiger partial charge in [-0.05, 0) is 55.4 Å². The van der Waals surface area contributed by atoms with E-state index >= 15 is 0 Å². The van der Waals surface area contributed by atoms with Gasteiger partial charge in [0.1, 0.15) is 6.61 Å². The van der Waals surface area contributed by atoms with E-state index < -0.39 is 0 Å². The Morgan fingerprint density at radius 3 is 2.69 bits per heavy atom. The van der Waals surface area contributed by atoms with Crippen molar-refractivity contribution in [3.05, 3.63) is 76.9 Å². The van der Waals surface area contributed by atoms with Crippen LogP contribution in [0, 0.1) is 13.8 Å². The number of rotatable bonds is 3.